The molecule has 0 atom stereocenters. The molecule has 0 spiro atoms. The van der Waals surface area contributed by atoms with E-state index in [1.807, 2.05) is 0 Å². The van der Waals surface area contributed by atoms with Crippen LogP contribution in [0, 0.1) is 20.2 Å². The molecule has 0 unspecified atom stereocenters. The third-order valence-electron chi connectivity index (χ3n) is 5.05. The third kappa shape index (κ3) is 3.76. The highest BCUT2D eigenvalue weighted by Crippen LogP contribution is 2.39. The average Bonchev–Trinajstić information content (AvgIpc) is 3.39. The number of aromatic nitrogens is 1. The van der Waals surface area contributed by atoms with Gasteiger partial charge in [0, 0.05) is 36.7 Å². The molecule has 1 saturated heterocycles. The van der Waals surface area contributed by atoms with Gasteiger partial charge in [-0.25, -0.2) is 8.42 Å². The first-order valence-corrected chi connectivity index (χ1v) is 10.8. The van der Waals surface area contributed by atoms with Gasteiger partial charge in [0.25, 0.3) is 11.4 Å². The molecule has 13 nitrogen and oxygen atoms in total. The lowest BCUT2D eigenvalue weighted by Gasteiger charge is -2.15. The molecule has 32 heavy (non-hydrogen) atoms. The summed E-state index contributed by atoms with van der Waals surface area (Å²) in [5.74, 6) is -0.430. The number of nitrogens with zero attached hydrogens (tertiary/aromatic N) is 5. The highest BCUT2D eigenvalue weighted by atomic mass is 32.2. The van der Waals surface area contributed by atoms with Gasteiger partial charge in [-0.1, -0.05) is 0 Å². The van der Waals surface area contributed by atoms with Crippen molar-refractivity contribution >= 4 is 43.7 Å². The Hall–Kier alpha value is -3.91. The van der Waals surface area contributed by atoms with Crippen LogP contribution in [0.4, 0.5) is 22.7 Å². The molecule has 2 heterocycles. The summed E-state index contributed by atoms with van der Waals surface area (Å²) < 4.78 is 26.7. The first-order chi connectivity index (χ1) is 15.2. The van der Waals surface area contributed by atoms with Crippen LogP contribution in [0.5, 0.6) is 5.88 Å². The number of hydrogen-bond donors (Lipinski definition) is 2. The van der Waals surface area contributed by atoms with E-state index in [0.717, 1.165) is 25.0 Å². The molecule has 1 fully saturated rings. The molecule has 1 aromatic heterocycles. The number of sulfonamides is 1. The molecule has 1 aliphatic heterocycles. The van der Waals surface area contributed by atoms with E-state index in [1.165, 1.54) is 28.6 Å². The number of H-pyrrole nitrogens is 1. The van der Waals surface area contributed by atoms with E-state index in [2.05, 4.69) is 15.2 Å². The lowest BCUT2D eigenvalue weighted by atomic mass is 10.2. The van der Waals surface area contributed by atoms with Crippen molar-refractivity contribution in [2.75, 3.05) is 13.1 Å². The SMILES string of the molecule is O=[N+]([O-])c1ccc2[nH]c(O)c(N=Nc3ccc(S(=O)(=O)N4CCCC4)cc3[N+](=O)[O-])c2c1. The number of fused-ring (bicyclic) bond motifs is 1. The van der Waals surface area contributed by atoms with E-state index < -0.39 is 31.4 Å². The molecule has 0 amide bonds. The molecular formula is C18H16N6O7S. The highest BCUT2D eigenvalue weighted by molar-refractivity contribution is 7.89. The van der Waals surface area contributed by atoms with E-state index in [1.54, 1.807) is 0 Å². The lowest BCUT2D eigenvalue weighted by molar-refractivity contribution is -0.384. The smallest absolute Gasteiger partial charge is 0.298 e. The van der Waals surface area contributed by atoms with Crippen molar-refractivity contribution in [1.29, 1.82) is 0 Å². The second-order valence-corrected chi connectivity index (χ2v) is 8.97. The topological polar surface area (TPSA) is 184 Å². The molecule has 2 N–H and O–H groups in total. The molecule has 166 valence electrons. The molecule has 4 rings (SSSR count). The molecule has 1 aliphatic rings. The van der Waals surface area contributed by atoms with Crippen molar-refractivity contribution < 1.29 is 23.4 Å². The van der Waals surface area contributed by atoms with Gasteiger partial charge < -0.3 is 10.1 Å². The van der Waals surface area contributed by atoms with Crippen LogP contribution in [0.15, 0.2) is 51.5 Å². The minimum Gasteiger partial charge on any atom is -0.493 e. The van der Waals surface area contributed by atoms with Gasteiger partial charge >= 0.3 is 0 Å². The summed E-state index contributed by atoms with van der Waals surface area (Å²) in [6.07, 6.45) is 1.44. The van der Waals surface area contributed by atoms with Crippen LogP contribution in [-0.2, 0) is 10.0 Å². The van der Waals surface area contributed by atoms with E-state index in [0.29, 0.717) is 18.6 Å². The van der Waals surface area contributed by atoms with Crippen molar-refractivity contribution in [3.8, 4) is 5.88 Å². The summed E-state index contributed by atoms with van der Waals surface area (Å²) in [5, 5.41) is 40.5. The van der Waals surface area contributed by atoms with Crippen LogP contribution < -0.4 is 0 Å². The average molecular weight is 460 g/mol. The van der Waals surface area contributed by atoms with Gasteiger partial charge in [0.05, 0.1) is 20.3 Å². The van der Waals surface area contributed by atoms with E-state index >= 15 is 0 Å². The predicted molar refractivity (Wildman–Crippen MR) is 112 cm³/mol. The summed E-state index contributed by atoms with van der Waals surface area (Å²) in [7, 11) is -3.87. The lowest BCUT2D eigenvalue weighted by Crippen LogP contribution is -2.27. The number of aromatic amines is 1. The number of aromatic hydroxyl groups is 1. The van der Waals surface area contributed by atoms with Crippen LogP contribution in [0.3, 0.4) is 0 Å². The Morgan fingerprint density at radius 1 is 1.00 bits per heavy atom. The van der Waals surface area contributed by atoms with Gasteiger partial charge in [-0.05, 0) is 31.0 Å². The minimum absolute atomic E-state index is 0.147. The molecule has 0 radical (unpaired) electrons. The molecular weight excluding hydrogens is 444 g/mol. The Bertz CT molecular complexity index is 1380. The molecule has 0 bridgehead atoms. The Labute approximate surface area is 180 Å². The number of hydrogen-bond acceptors (Lipinski definition) is 9. The van der Waals surface area contributed by atoms with Crippen LogP contribution in [0.2, 0.25) is 0 Å². The summed E-state index contributed by atoms with van der Waals surface area (Å²) in [6.45, 7) is 0.702. The van der Waals surface area contributed by atoms with E-state index in [-0.39, 0.29) is 27.3 Å². The highest BCUT2D eigenvalue weighted by Gasteiger charge is 2.29. The van der Waals surface area contributed by atoms with E-state index in [4.69, 9.17) is 0 Å². The maximum absolute atomic E-state index is 12.7. The maximum Gasteiger partial charge on any atom is 0.298 e. The van der Waals surface area contributed by atoms with Gasteiger partial charge in [-0.15, -0.1) is 10.2 Å². The van der Waals surface area contributed by atoms with Gasteiger partial charge in [0.1, 0.15) is 0 Å². The van der Waals surface area contributed by atoms with Crippen molar-refractivity contribution in [1.82, 2.24) is 9.29 Å². The van der Waals surface area contributed by atoms with Crippen LogP contribution >= 0.6 is 0 Å². The molecule has 14 heteroatoms. The number of nitro groups is 2. The molecule has 0 saturated carbocycles. The van der Waals surface area contributed by atoms with E-state index in [9.17, 15) is 33.8 Å². The Morgan fingerprint density at radius 3 is 2.38 bits per heavy atom. The summed E-state index contributed by atoms with van der Waals surface area (Å²) in [4.78, 5) is 23.5. The normalized spacial score (nSPS) is 15.0. The third-order valence-corrected chi connectivity index (χ3v) is 6.95. The number of nitrogens with one attached hydrogen (secondary N) is 1. The fourth-order valence-corrected chi connectivity index (χ4v) is 4.98. The first-order valence-electron chi connectivity index (χ1n) is 9.38. The van der Waals surface area contributed by atoms with Crippen molar-refractivity contribution in [2.24, 2.45) is 10.2 Å². The monoisotopic (exact) mass is 460 g/mol. The molecule has 0 aliphatic carbocycles. The molecule has 3 aromatic rings. The number of nitro benzene ring substituents is 2. The fraction of sp³-hybridized carbons (Fsp3) is 0.222. The minimum atomic E-state index is -3.87. The summed E-state index contributed by atoms with van der Waals surface area (Å²) in [5.41, 5.74) is -0.861. The quantitative estimate of drug-likeness (QED) is 0.317. The van der Waals surface area contributed by atoms with Crippen LogP contribution in [-0.4, -0.2) is 45.7 Å². The number of benzene rings is 2. The fourth-order valence-electron chi connectivity index (χ4n) is 3.44. The Kier molecular flexibility index (Phi) is 5.31. The second-order valence-electron chi connectivity index (χ2n) is 7.03. The number of rotatable bonds is 6. The predicted octanol–water partition coefficient (Wildman–Crippen LogP) is 3.89. The van der Waals surface area contributed by atoms with Crippen molar-refractivity contribution in [3.05, 3.63) is 56.6 Å². The zero-order valence-corrected chi connectivity index (χ0v) is 17.2. The first kappa shape index (κ1) is 21.3. The Morgan fingerprint density at radius 2 is 1.72 bits per heavy atom. The van der Waals surface area contributed by atoms with Gasteiger partial charge in [-0.3, -0.25) is 20.2 Å². The maximum atomic E-state index is 12.7. The van der Waals surface area contributed by atoms with Gasteiger partial charge in [0.15, 0.2) is 11.4 Å². The van der Waals surface area contributed by atoms with Crippen molar-refractivity contribution in [2.45, 2.75) is 17.7 Å². The Balaban J connectivity index is 1.75. The zero-order chi connectivity index (χ0) is 23.0. The summed E-state index contributed by atoms with van der Waals surface area (Å²) in [6, 6.07) is 7.08. The number of non-ortho nitro benzene ring substituents is 1. The number of azo groups is 1. The second kappa shape index (κ2) is 7.97. The zero-order valence-electron chi connectivity index (χ0n) is 16.3. The summed E-state index contributed by atoms with van der Waals surface area (Å²) >= 11 is 0. The largest absolute Gasteiger partial charge is 0.493 e. The molecule has 2 aromatic carbocycles. The van der Waals surface area contributed by atoms with Crippen LogP contribution in [0.25, 0.3) is 10.9 Å². The van der Waals surface area contributed by atoms with Crippen molar-refractivity contribution in [3.63, 3.8) is 0 Å². The standard InChI is InChI=1S/C18H16N6O7S/c25-18-17(13-9-11(23(26)27)3-5-14(13)19-18)21-20-15-6-4-12(10-16(15)24(28)29)32(30,31)22-7-1-2-8-22/h3-6,9-10,19,25H,1-2,7-8H2. The van der Waals surface area contributed by atoms with Gasteiger partial charge in [0.2, 0.25) is 15.9 Å². The van der Waals surface area contributed by atoms with Crippen LogP contribution in [0.1, 0.15) is 12.8 Å². The van der Waals surface area contributed by atoms with Gasteiger partial charge in [-0.2, -0.15) is 4.31 Å².